The number of pyridine rings is 1. The first-order chi connectivity index (χ1) is 11.9. The third-order valence-corrected chi connectivity index (χ3v) is 3.88. The van der Waals surface area contributed by atoms with Gasteiger partial charge in [0.1, 0.15) is 11.4 Å². The van der Waals surface area contributed by atoms with Crippen LogP contribution in [0.4, 0.5) is 5.69 Å². The molecule has 0 saturated carbocycles. The van der Waals surface area contributed by atoms with Gasteiger partial charge in [0.25, 0.3) is 0 Å². The first kappa shape index (κ1) is 17.0. The van der Waals surface area contributed by atoms with Crippen LogP contribution in [-0.2, 0) is 4.74 Å². The van der Waals surface area contributed by atoms with Crippen LogP contribution in [0.3, 0.4) is 0 Å². The van der Waals surface area contributed by atoms with E-state index in [4.69, 9.17) is 22.1 Å². The molecule has 7 heteroatoms. The molecular formula is C18H16ClN3O3. The Balaban J connectivity index is 2.04. The molecule has 0 aliphatic heterocycles. The number of carbonyl (C=O) groups is 2. The maximum absolute atomic E-state index is 12.7. The highest BCUT2D eigenvalue weighted by atomic mass is 35.5. The van der Waals surface area contributed by atoms with E-state index in [0.29, 0.717) is 27.8 Å². The Labute approximate surface area is 149 Å². The van der Waals surface area contributed by atoms with E-state index in [-0.39, 0.29) is 11.5 Å². The topological polar surface area (TPSA) is 98.1 Å². The summed E-state index contributed by atoms with van der Waals surface area (Å²) in [6, 6.07) is 8.39. The smallest absolute Gasteiger partial charge is 0.339 e. The van der Waals surface area contributed by atoms with Crippen LogP contribution in [-0.4, -0.2) is 27.3 Å². The number of aryl methyl sites for hydroxylation is 1. The normalized spacial score (nSPS) is 12.1. The lowest BCUT2D eigenvalue weighted by Crippen LogP contribution is -2.09. The predicted octanol–water partition coefficient (Wildman–Crippen LogP) is 3.43. The Morgan fingerprint density at radius 1 is 1.32 bits per heavy atom. The fourth-order valence-corrected chi connectivity index (χ4v) is 2.66. The lowest BCUT2D eigenvalue weighted by Gasteiger charge is -2.05. The summed E-state index contributed by atoms with van der Waals surface area (Å²) in [5.41, 5.74) is 7.90. The first-order valence-corrected chi connectivity index (χ1v) is 8.04. The number of halogens is 1. The highest BCUT2D eigenvalue weighted by Gasteiger charge is 2.21. The van der Waals surface area contributed by atoms with E-state index in [1.54, 1.807) is 50.4 Å². The number of ether oxygens (including phenoxy) is 1. The first-order valence-electron chi connectivity index (χ1n) is 7.61. The zero-order chi connectivity index (χ0) is 18.1. The van der Waals surface area contributed by atoms with Crippen molar-refractivity contribution in [2.75, 3.05) is 5.73 Å². The Kier molecular flexibility index (Phi) is 4.46. The van der Waals surface area contributed by atoms with Crippen LogP contribution in [0, 0.1) is 6.92 Å². The van der Waals surface area contributed by atoms with Gasteiger partial charge in [-0.1, -0.05) is 17.7 Å². The number of nitrogens with two attached hydrogens (primary N) is 1. The van der Waals surface area contributed by atoms with Crippen molar-refractivity contribution in [2.45, 2.75) is 19.4 Å². The highest BCUT2D eigenvalue weighted by molar-refractivity contribution is 6.20. The van der Waals surface area contributed by atoms with Gasteiger partial charge < -0.3 is 15.5 Å². The summed E-state index contributed by atoms with van der Waals surface area (Å²) >= 11 is 5.67. The quantitative estimate of drug-likeness (QED) is 0.423. The molecule has 0 saturated heterocycles. The summed E-state index contributed by atoms with van der Waals surface area (Å²) in [4.78, 5) is 31.8. The molecule has 0 aliphatic carbocycles. The standard InChI is InChI=1S/C18H16ClN3O3/c1-9-4-3-7-21-15(9)17(23)16-14(20)12-6-5-11(8-13(12)22-16)18(24)25-10(2)19/h3-8,10,22H,20H2,1-2H3. The number of nitrogens with one attached hydrogen (secondary N) is 1. The second-order valence-corrected chi connectivity index (χ2v) is 6.23. The Hall–Kier alpha value is -2.86. The van der Waals surface area contributed by atoms with Crippen molar-refractivity contribution in [3.05, 3.63) is 59.0 Å². The number of benzene rings is 1. The molecule has 0 fully saturated rings. The van der Waals surface area contributed by atoms with Crippen molar-refractivity contribution in [3.8, 4) is 0 Å². The lowest BCUT2D eigenvalue weighted by atomic mass is 10.1. The van der Waals surface area contributed by atoms with Crippen molar-refractivity contribution >= 4 is 39.9 Å². The molecule has 2 aromatic heterocycles. The monoisotopic (exact) mass is 357 g/mol. The summed E-state index contributed by atoms with van der Waals surface area (Å²) in [5.74, 6) is -0.851. The van der Waals surface area contributed by atoms with Crippen LogP contribution < -0.4 is 5.73 Å². The Bertz CT molecular complexity index is 979. The summed E-state index contributed by atoms with van der Waals surface area (Å²) in [6.45, 7) is 3.36. The molecule has 3 N–H and O–H groups in total. The molecule has 0 aliphatic rings. The minimum absolute atomic E-state index is 0.244. The number of hydrogen-bond acceptors (Lipinski definition) is 5. The van der Waals surface area contributed by atoms with E-state index in [1.165, 1.54) is 0 Å². The van der Waals surface area contributed by atoms with Crippen LogP contribution in [0.15, 0.2) is 36.5 Å². The number of nitrogen functional groups attached to an aromatic ring is 1. The zero-order valence-corrected chi connectivity index (χ0v) is 14.4. The second-order valence-electron chi connectivity index (χ2n) is 5.62. The number of anilines is 1. The third kappa shape index (κ3) is 3.21. The molecule has 0 spiro atoms. The number of hydrogen-bond donors (Lipinski definition) is 2. The fraction of sp³-hybridized carbons (Fsp3) is 0.167. The summed E-state index contributed by atoms with van der Waals surface area (Å²) in [6.07, 6.45) is 1.56. The van der Waals surface area contributed by atoms with Gasteiger partial charge in [-0.15, -0.1) is 0 Å². The van der Waals surface area contributed by atoms with Crippen molar-refractivity contribution in [3.63, 3.8) is 0 Å². The predicted molar refractivity (Wildman–Crippen MR) is 95.8 cm³/mol. The maximum Gasteiger partial charge on any atom is 0.339 e. The van der Waals surface area contributed by atoms with Crippen LogP contribution in [0.5, 0.6) is 0 Å². The van der Waals surface area contributed by atoms with E-state index in [0.717, 1.165) is 5.56 Å². The molecule has 1 atom stereocenters. The van der Waals surface area contributed by atoms with Crippen LogP contribution >= 0.6 is 11.6 Å². The van der Waals surface area contributed by atoms with Gasteiger partial charge in [-0.25, -0.2) is 4.79 Å². The maximum atomic E-state index is 12.7. The van der Waals surface area contributed by atoms with Crippen molar-refractivity contribution in [1.82, 2.24) is 9.97 Å². The molecule has 0 radical (unpaired) electrons. The number of fused-ring (bicyclic) bond motifs is 1. The minimum Gasteiger partial charge on any atom is -0.443 e. The molecule has 0 amide bonds. The van der Waals surface area contributed by atoms with Crippen molar-refractivity contribution in [1.29, 1.82) is 0 Å². The molecule has 0 bridgehead atoms. The van der Waals surface area contributed by atoms with Crippen LogP contribution in [0.2, 0.25) is 0 Å². The highest BCUT2D eigenvalue weighted by Crippen LogP contribution is 2.28. The largest absolute Gasteiger partial charge is 0.443 e. The SMILES string of the molecule is Cc1cccnc1C(=O)c1[nH]c2cc(C(=O)OC(C)Cl)ccc2c1N. The van der Waals surface area contributed by atoms with Gasteiger partial charge in [0, 0.05) is 17.1 Å². The molecule has 6 nitrogen and oxygen atoms in total. The van der Waals surface area contributed by atoms with Gasteiger partial charge in [-0.2, -0.15) is 0 Å². The average Bonchev–Trinajstić information content (AvgIpc) is 2.90. The number of H-pyrrole nitrogens is 1. The van der Waals surface area contributed by atoms with Gasteiger partial charge in [-0.05, 0) is 43.7 Å². The summed E-state index contributed by atoms with van der Waals surface area (Å²) in [7, 11) is 0. The van der Waals surface area contributed by atoms with E-state index in [9.17, 15) is 9.59 Å². The second kappa shape index (κ2) is 6.57. The van der Waals surface area contributed by atoms with Gasteiger partial charge in [0.15, 0.2) is 5.56 Å². The van der Waals surface area contributed by atoms with Gasteiger partial charge in [0.05, 0.1) is 11.3 Å². The van der Waals surface area contributed by atoms with E-state index in [1.807, 2.05) is 0 Å². The van der Waals surface area contributed by atoms with Gasteiger partial charge in [-0.3, -0.25) is 9.78 Å². The number of rotatable bonds is 4. The van der Waals surface area contributed by atoms with Crippen LogP contribution in [0.1, 0.15) is 39.0 Å². The van der Waals surface area contributed by atoms with E-state index in [2.05, 4.69) is 9.97 Å². The fourth-order valence-electron chi connectivity index (χ4n) is 2.58. The molecule has 1 unspecified atom stereocenters. The summed E-state index contributed by atoms with van der Waals surface area (Å²) in [5, 5.41) is 0.646. The number of carbonyl (C=O) groups excluding carboxylic acids is 2. The molecule has 1 aromatic carbocycles. The van der Waals surface area contributed by atoms with E-state index < -0.39 is 11.5 Å². The number of esters is 1. The third-order valence-electron chi connectivity index (χ3n) is 3.80. The molecular weight excluding hydrogens is 342 g/mol. The Morgan fingerprint density at radius 2 is 2.08 bits per heavy atom. The number of alkyl halides is 1. The Morgan fingerprint density at radius 3 is 2.76 bits per heavy atom. The van der Waals surface area contributed by atoms with Crippen molar-refractivity contribution in [2.24, 2.45) is 0 Å². The number of ketones is 1. The molecule has 3 aromatic rings. The van der Waals surface area contributed by atoms with Crippen molar-refractivity contribution < 1.29 is 14.3 Å². The van der Waals surface area contributed by atoms with Crippen LogP contribution in [0.25, 0.3) is 10.9 Å². The lowest BCUT2D eigenvalue weighted by molar-refractivity contribution is 0.0472. The molecule has 3 rings (SSSR count). The molecule has 128 valence electrons. The zero-order valence-electron chi connectivity index (χ0n) is 13.7. The van der Waals surface area contributed by atoms with Gasteiger partial charge >= 0.3 is 5.97 Å². The van der Waals surface area contributed by atoms with E-state index >= 15 is 0 Å². The number of nitrogens with zero attached hydrogens (tertiary/aromatic N) is 1. The summed E-state index contributed by atoms with van der Waals surface area (Å²) < 4.78 is 4.96. The molecule has 2 heterocycles. The van der Waals surface area contributed by atoms with Gasteiger partial charge in [0.2, 0.25) is 5.78 Å². The molecule has 25 heavy (non-hydrogen) atoms. The average molecular weight is 358 g/mol. The minimum atomic E-state index is -0.735. The number of aromatic amines is 1. The number of aromatic nitrogens is 2.